The van der Waals surface area contributed by atoms with E-state index in [-0.39, 0.29) is 13.3 Å². The second-order valence-corrected chi connectivity index (χ2v) is 44.7. The number of amides is 1. The number of fused-ring (bicyclic) bond motifs is 1. The van der Waals surface area contributed by atoms with E-state index >= 15 is 0 Å². The second kappa shape index (κ2) is 80.2. The van der Waals surface area contributed by atoms with E-state index in [4.69, 9.17) is 4.74 Å². The number of carbonyl (C=O) groups is 1. The number of piperidine rings is 2. The Balaban J connectivity index is 0.000000503. The van der Waals surface area contributed by atoms with E-state index in [1.807, 2.05) is 32.1 Å². The van der Waals surface area contributed by atoms with E-state index in [1.54, 1.807) is 12.0 Å². The molecule has 15 aliphatic heterocycles. The molecule has 0 aromatic carbocycles. The molecule has 16 fully saturated rings. The number of nitrogens with one attached hydrogen (secondary N) is 4. The number of rotatable bonds is 15. The summed E-state index contributed by atoms with van der Waals surface area (Å²) < 4.78 is 5.04. The first kappa shape index (κ1) is 132. The highest BCUT2D eigenvalue weighted by Crippen LogP contribution is 2.28. The topological polar surface area (TPSA) is 149 Å². The minimum Gasteiger partial charge on any atom is -0.383 e. The molecule has 0 spiro atoms. The molecular formula is C109H239N27O2. The van der Waals surface area contributed by atoms with Crippen molar-refractivity contribution in [2.75, 3.05) is 468 Å². The summed E-state index contributed by atoms with van der Waals surface area (Å²) in [6, 6.07) is 6.13. The van der Waals surface area contributed by atoms with Gasteiger partial charge in [-0.25, -0.2) is 0 Å². The third kappa shape index (κ3) is 63.7. The molecule has 15 saturated heterocycles. The Morgan fingerprint density at radius 1 is 0.406 bits per heavy atom. The zero-order chi connectivity index (χ0) is 101. The third-order valence-electron chi connectivity index (χ3n) is 31.1. The van der Waals surface area contributed by atoms with Crippen LogP contribution in [0.1, 0.15) is 167 Å². The standard InChI is InChI=1S/C9H18N2.2C9H20N2.C9H18N2.C8H16N2.2C8H18N2.C8H17N.C7H16N2O.3C7H16N2.C6H12N2O.C6H14N2.CH4/c1-10-5-2-6-11(8-7-10)9-3-4-9;1-9(2)11-6-4-5-10(3)7-8-11;1-4-11(5-2)9-6-7-10(3)8-9;1-3-5-11-7-4-6-10(2)8-9-11;1-10-5-7-3-2-4-9-8(7)6-10;1-7(2)8-6-10(3)5-4-9-8;1-3-10-6-4-5-9(2)7-8-10;1-3-9-6-4-8(2)5-7-9;1-9-4-3-8-7(5-9)6-10-2;1-8(2)7-4-5-9(3)6-7;1-8-4-3-5-9(2)7-6-8;1-3-9-6-4-8(2)5-7-9;1-7-3-4-8(2)6(9)5-7;1-7-6-3-4-8(2)5-6;/h9H,2-8H2,1H3;2*9H,4-8H2,1-3H3;3H,1,4-9H2,2H3;7-9H,2-6H2,1H3;7-9H,4-6H2,1-3H3;3-8H2,1-2H3;8H,3-7H2,1-2H3;7-8H,3-6H2,1-2H3;7H,4-6H2,1-3H3;2*3-7H2,1-2H3;3-5H2,1-2H3;6-7H,3-5H2,1-2H3;1H4/t;;;;;8-;;;;;;;;;/m.....1........./s1. The average Bonchev–Trinajstić information content (AvgIpc) is 1.72. The highest BCUT2D eigenvalue weighted by Gasteiger charge is 2.33. The van der Waals surface area contributed by atoms with Crippen molar-refractivity contribution in [3.05, 3.63) is 12.7 Å². The van der Waals surface area contributed by atoms with Gasteiger partial charge in [0.1, 0.15) is 0 Å². The summed E-state index contributed by atoms with van der Waals surface area (Å²) in [5.74, 6) is 2.93. The van der Waals surface area contributed by atoms with Crippen LogP contribution in [0.5, 0.6) is 0 Å². The van der Waals surface area contributed by atoms with Gasteiger partial charge in [0.15, 0.2) is 0 Å². The molecule has 16 aliphatic rings. The fourth-order valence-corrected chi connectivity index (χ4v) is 20.3. The number of likely N-dealkylation sites (N-methyl/N-ethyl adjacent to an activating group) is 20. The van der Waals surface area contributed by atoms with Crippen molar-refractivity contribution >= 4 is 5.91 Å². The van der Waals surface area contributed by atoms with Gasteiger partial charge in [-0.15, -0.1) is 6.58 Å². The molecule has 29 heteroatoms. The summed E-state index contributed by atoms with van der Waals surface area (Å²) in [5, 5.41) is 13.7. The van der Waals surface area contributed by atoms with Crippen LogP contribution >= 0.6 is 0 Å². The number of piperazine rings is 4. The zero-order valence-electron chi connectivity index (χ0n) is 96.2. The molecule has 7 atom stereocenters. The van der Waals surface area contributed by atoms with Crippen molar-refractivity contribution in [1.29, 1.82) is 0 Å². The smallest absolute Gasteiger partial charge is 0.236 e. The fourth-order valence-electron chi connectivity index (χ4n) is 20.3. The summed E-state index contributed by atoms with van der Waals surface area (Å²) in [4.78, 5) is 65.9. The van der Waals surface area contributed by atoms with Crippen LogP contribution in [0.2, 0.25) is 0 Å². The lowest BCUT2D eigenvalue weighted by atomic mass is 9.94. The van der Waals surface area contributed by atoms with Crippen LogP contribution in [0.4, 0.5) is 0 Å². The first-order valence-corrected chi connectivity index (χ1v) is 56.1. The van der Waals surface area contributed by atoms with Gasteiger partial charge in [-0.3, -0.25) is 29.3 Å². The van der Waals surface area contributed by atoms with E-state index < -0.39 is 0 Å². The van der Waals surface area contributed by atoms with Gasteiger partial charge in [0.25, 0.3) is 0 Å². The van der Waals surface area contributed by atoms with E-state index in [1.165, 1.54) is 365 Å². The summed E-state index contributed by atoms with van der Waals surface area (Å²) in [5.41, 5.74) is 0. The molecule has 0 bridgehead atoms. The number of carbonyl (C=O) groups excluding carboxylic acids is 1. The van der Waals surface area contributed by atoms with Crippen molar-refractivity contribution in [2.45, 2.75) is 215 Å². The molecule has 822 valence electrons. The van der Waals surface area contributed by atoms with Crippen LogP contribution in [0, 0.1) is 17.8 Å². The maximum absolute atomic E-state index is 10.9. The molecule has 4 N–H and O–H groups in total. The summed E-state index contributed by atoms with van der Waals surface area (Å²) in [6.07, 6.45) is 21.2. The zero-order valence-corrected chi connectivity index (χ0v) is 96.2. The van der Waals surface area contributed by atoms with Gasteiger partial charge in [-0.05, 0) is 379 Å². The minimum atomic E-state index is 0. The predicted molar refractivity (Wildman–Crippen MR) is 601 cm³/mol. The lowest BCUT2D eigenvalue weighted by molar-refractivity contribution is -0.133. The Bertz CT molecular complexity index is 2720. The first-order chi connectivity index (χ1) is 65.5. The quantitative estimate of drug-likeness (QED) is 0.123. The van der Waals surface area contributed by atoms with Gasteiger partial charge in [0.2, 0.25) is 5.91 Å². The first-order valence-electron chi connectivity index (χ1n) is 56.1. The third-order valence-corrected chi connectivity index (χ3v) is 31.1. The van der Waals surface area contributed by atoms with Crippen LogP contribution in [0.25, 0.3) is 0 Å². The van der Waals surface area contributed by atoms with Crippen LogP contribution in [0.15, 0.2) is 12.7 Å². The van der Waals surface area contributed by atoms with Crippen LogP contribution in [-0.2, 0) is 9.53 Å². The van der Waals surface area contributed by atoms with Crippen molar-refractivity contribution in [2.24, 2.45) is 17.8 Å². The van der Waals surface area contributed by atoms with E-state index in [0.717, 1.165) is 106 Å². The molecule has 1 aliphatic carbocycles. The maximum Gasteiger partial charge on any atom is 0.236 e. The SMILES string of the molecule is C.C=CCN1CCCN(C)CC1.CC(C)N1CCCN(C)CC1.CC(C)[C@H]1CN(C)CCN1.CCN(CC)C1CCN(C)C1.CCN1CCC(C)CC1.CCN1CCCN(C)CC1.CCN1CCN(C)CC1.CN1CC2CCCNC2C1.CN1CCC(N(C)C)C1.CN1CCCN(C)CC1.CN1CCCN(C2CC2)CC1.CN1CCN(C)C(=O)C1.CNC1CCN(C)C1.COCC1CN(C)CCN1. The summed E-state index contributed by atoms with van der Waals surface area (Å²) in [6.45, 7) is 88.0. The number of ether oxygens (including phenoxy) is 1. The Morgan fingerprint density at radius 3 is 1.27 bits per heavy atom. The van der Waals surface area contributed by atoms with Gasteiger partial charge >= 0.3 is 0 Å². The number of nitrogens with zero attached hydrogens (tertiary/aromatic N) is 23. The molecule has 29 nitrogen and oxygen atoms in total. The highest BCUT2D eigenvalue weighted by atomic mass is 16.5. The minimum absolute atomic E-state index is 0. The largest absolute Gasteiger partial charge is 0.383 e. The molecule has 15 heterocycles. The molecule has 1 amide bonds. The van der Waals surface area contributed by atoms with Crippen LogP contribution in [-0.4, -0.2) is 635 Å². The molecule has 0 aromatic rings. The van der Waals surface area contributed by atoms with E-state index in [9.17, 15) is 4.79 Å². The van der Waals surface area contributed by atoms with Crippen molar-refractivity contribution in [3.8, 4) is 0 Å². The monoisotopic (exact) mass is 1960 g/mol. The molecule has 0 radical (unpaired) electrons. The molecular weight excluding hydrogens is 1720 g/mol. The van der Waals surface area contributed by atoms with Crippen molar-refractivity contribution in [3.63, 3.8) is 0 Å². The van der Waals surface area contributed by atoms with E-state index in [0.29, 0.717) is 18.6 Å². The van der Waals surface area contributed by atoms with Crippen LogP contribution < -0.4 is 21.3 Å². The normalized spacial score (nSPS) is 27.5. The number of hydrogen-bond donors (Lipinski definition) is 4. The van der Waals surface area contributed by atoms with Gasteiger partial charge in [0, 0.05) is 246 Å². The molecule has 16 rings (SSSR count). The second-order valence-electron chi connectivity index (χ2n) is 44.7. The van der Waals surface area contributed by atoms with E-state index in [2.05, 4.69) is 306 Å². The Morgan fingerprint density at radius 2 is 0.848 bits per heavy atom. The summed E-state index contributed by atoms with van der Waals surface area (Å²) >= 11 is 0. The maximum atomic E-state index is 10.9. The van der Waals surface area contributed by atoms with Crippen LogP contribution in [0.3, 0.4) is 0 Å². The molecule has 0 aromatic heterocycles. The summed E-state index contributed by atoms with van der Waals surface area (Å²) in [7, 11) is 40.4. The average molecular weight is 1960 g/mol. The number of hydrogen-bond acceptors (Lipinski definition) is 28. The van der Waals surface area contributed by atoms with Gasteiger partial charge in [-0.1, -0.05) is 68.9 Å². The lowest BCUT2D eigenvalue weighted by Gasteiger charge is -2.33. The van der Waals surface area contributed by atoms with Gasteiger partial charge in [0.05, 0.1) is 13.2 Å². The molecule has 1 saturated carbocycles. The Labute approximate surface area is 857 Å². The molecule has 6 unspecified atom stereocenters. The number of methoxy groups -OCH3 is 1. The Hall–Kier alpha value is -1.87. The fraction of sp³-hybridized carbons (Fsp3) is 0.972. The highest BCUT2D eigenvalue weighted by molar-refractivity contribution is 5.78. The Kier molecular flexibility index (Phi) is 76.8. The number of likely N-dealkylation sites (tertiary alicyclic amines) is 5. The van der Waals surface area contributed by atoms with Crippen molar-refractivity contribution in [1.82, 2.24) is 134 Å². The predicted octanol–water partition coefficient (Wildman–Crippen LogP) is 7.12. The van der Waals surface area contributed by atoms with Crippen molar-refractivity contribution < 1.29 is 9.53 Å². The van der Waals surface area contributed by atoms with Gasteiger partial charge < -0.3 is 114 Å². The molecule has 138 heavy (non-hydrogen) atoms. The lowest BCUT2D eigenvalue weighted by Crippen LogP contribution is -2.51. The van der Waals surface area contributed by atoms with Gasteiger partial charge in [-0.2, -0.15) is 0 Å².